The zero-order valence-corrected chi connectivity index (χ0v) is 16.5. The van der Waals surface area contributed by atoms with Crippen LogP contribution in [0.25, 0.3) is 11.6 Å². The predicted molar refractivity (Wildman–Crippen MR) is 113 cm³/mol. The van der Waals surface area contributed by atoms with Gasteiger partial charge in [0.2, 0.25) is 0 Å². The maximum absolute atomic E-state index is 14.0. The summed E-state index contributed by atoms with van der Waals surface area (Å²) in [6.45, 7) is 1.83. The van der Waals surface area contributed by atoms with E-state index in [4.69, 9.17) is 9.47 Å². The molecule has 0 amide bonds. The Bertz CT molecular complexity index is 1100. The minimum Gasteiger partial charge on any atom is -0.482 e. The third kappa shape index (κ3) is 5.55. The minimum atomic E-state index is -0.551. The van der Waals surface area contributed by atoms with Crippen molar-refractivity contribution in [3.8, 4) is 17.6 Å². The van der Waals surface area contributed by atoms with Crippen molar-refractivity contribution in [2.24, 2.45) is 0 Å². The smallest absolute Gasteiger partial charge is 0.349 e. The number of halogens is 1. The zero-order chi connectivity index (χ0) is 21.3. The Morgan fingerprint density at radius 1 is 1.03 bits per heavy atom. The molecule has 0 aliphatic rings. The van der Waals surface area contributed by atoms with E-state index in [9.17, 15) is 14.4 Å². The van der Waals surface area contributed by atoms with Gasteiger partial charge in [0, 0.05) is 5.56 Å². The van der Waals surface area contributed by atoms with Crippen LogP contribution in [0.1, 0.15) is 23.6 Å². The van der Waals surface area contributed by atoms with Crippen LogP contribution in [0.15, 0.2) is 72.8 Å². The number of esters is 1. The first-order valence-corrected chi connectivity index (χ1v) is 9.48. The molecule has 3 aromatic carbocycles. The largest absolute Gasteiger partial charge is 0.482 e. The van der Waals surface area contributed by atoms with E-state index in [0.717, 1.165) is 6.42 Å². The molecular formula is C25H20FNO3. The molecule has 0 atom stereocenters. The van der Waals surface area contributed by atoms with Gasteiger partial charge in [0.15, 0.2) is 6.61 Å². The van der Waals surface area contributed by atoms with Crippen LogP contribution in [0.5, 0.6) is 11.5 Å². The molecule has 0 N–H and O–H groups in total. The molecule has 0 fully saturated rings. The van der Waals surface area contributed by atoms with Crippen molar-refractivity contribution in [1.29, 1.82) is 5.26 Å². The van der Waals surface area contributed by atoms with Crippen molar-refractivity contribution in [2.75, 3.05) is 6.61 Å². The van der Waals surface area contributed by atoms with Gasteiger partial charge < -0.3 is 9.47 Å². The second-order valence-corrected chi connectivity index (χ2v) is 6.48. The number of ether oxygens (including phenoxy) is 2. The lowest BCUT2D eigenvalue weighted by Gasteiger charge is -2.08. The van der Waals surface area contributed by atoms with E-state index < -0.39 is 11.8 Å². The number of allylic oxidation sites excluding steroid dienone is 1. The summed E-state index contributed by atoms with van der Waals surface area (Å²) in [5.74, 6) is -0.129. The molecule has 30 heavy (non-hydrogen) atoms. The van der Waals surface area contributed by atoms with Crippen molar-refractivity contribution in [1.82, 2.24) is 0 Å². The lowest BCUT2D eigenvalue weighted by atomic mass is 10.0. The number of hydrogen-bond acceptors (Lipinski definition) is 4. The van der Waals surface area contributed by atoms with E-state index in [0.29, 0.717) is 17.1 Å². The molecule has 0 aliphatic heterocycles. The van der Waals surface area contributed by atoms with Crippen LogP contribution in [-0.2, 0) is 11.2 Å². The number of nitriles is 1. The van der Waals surface area contributed by atoms with Crippen molar-refractivity contribution >= 4 is 17.6 Å². The van der Waals surface area contributed by atoms with Gasteiger partial charge in [0.05, 0.1) is 11.6 Å². The number of benzene rings is 3. The number of rotatable bonds is 7. The van der Waals surface area contributed by atoms with Crippen LogP contribution in [0.4, 0.5) is 4.39 Å². The molecule has 3 rings (SSSR count). The first-order valence-electron chi connectivity index (χ1n) is 9.48. The van der Waals surface area contributed by atoms with Crippen molar-refractivity contribution in [3.05, 3.63) is 95.3 Å². The lowest BCUT2D eigenvalue weighted by Crippen LogP contribution is -2.17. The topological polar surface area (TPSA) is 59.3 Å². The average Bonchev–Trinajstić information content (AvgIpc) is 2.77. The molecule has 0 spiro atoms. The normalized spacial score (nSPS) is 10.9. The van der Waals surface area contributed by atoms with E-state index >= 15 is 0 Å². The van der Waals surface area contributed by atoms with Gasteiger partial charge >= 0.3 is 5.97 Å². The van der Waals surface area contributed by atoms with Crippen LogP contribution in [-0.4, -0.2) is 12.6 Å². The highest BCUT2D eigenvalue weighted by Gasteiger charge is 2.09. The second-order valence-electron chi connectivity index (χ2n) is 6.48. The van der Waals surface area contributed by atoms with Gasteiger partial charge in [-0.2, -0.15) is 5.26 Å². The molecule has 0 radical (unpaired) electrons. The fraction of sp³-hybridized carbons (Fsp3) is 0.120. The summed E-state index contributed by atoms with van der Waals surface area (Å²) in [5, 5.41) is 9.40. The van der Waals surface area contributed by atoms with Crippen molar-refractivity contribution in [2.45, 2.75) is 13.3 Å². The zero-order valence-electron chi connectivity index (χ0n) is 16.5. The van der Waals surface area contributed by atoms with E-state index in [2.05, 4.69) is 6.92 Å². The van der Waals surface area contributed by atoms with Gasteiger partial charge in [-0.25, -0.2) is 9.18 Å². The Labute approximate surface area is 174 Å². The van der Waals surface area contributed by atoms with E-state index in [-0.39, 0.29) is 17.7 Å². The molecule has 150 valence electrons. The molecule has 0 bridgehead atoms. The summed E-state index contributed by atoms with van der Waals surface area (Å²) in [4.78, 5) is 12.1. The maximum Gasteiger partial charge on any atom is 0.349 e. The Morgan fingerprint density at radius 2 is 1.80 bits per heavy atom. The summed E-state index contributed by atoms with van der Waals surface area (Å²) in [6.07, 6.45) is 2.47. The molecular weight excluding hydrogens is 381 g/mol. The highest BCUT2D eigenvalue weighted by Crippen LogP contribution is 2.22. The quantitative estimate of drug-likeness (QED) is 0.229. The van der Waals surface area contributed by atoms with E-state index in [1.165, 1.54) is 11.6 Å². The minimum absolute atomic E-state index is 0.176. The third-order valence-corrected chi connectivity index (χ3v) is 4.37. The standard InChI is InChI=1S/C25H20FNO3/c1-2-18-10-12-21(13-11-18)29-17-25(28)30-22-7-5-6-19(15-22)14-20(16-27)23-8-3-4-9-24(23)26/h3-15H,2,17H2,1H3/b20-14-. The summed E-state index contributed by atoms with van der Waals surface area (Å²) >= 11 is 0. The first kappa shape index (κ1) is 20.8. The predicted octanol–water partition coefficient (Wildman–Crippen LogP) is 5.44. The van der Waals surface area contributed by atoms with Gasteiger partial charge in [0.25, 0.3) is 0 Å². The number of nitrogens with zero attached hydrogens (tertiary/aromatic N) is 1. The molecule has 5 heteroatoms. The highest BCUT2D eigenvalue weighted by atomic mass is 19.1. The van der Waals surface area contributed by atoms with Crippen molar-refractivity contribution in [3.63, 3.8) is 0 Å². The molecule has 0 saturated heterocycles. The van der Waals surface area contributed by atoms with Crippen LogP contribution >= 0.6 is 0 Å². The summed E-state index contributed by atoms with van der Waals surface area (Å²) in [6, 6.07) is 22.2. The number of hydrogen-bond donors (Lipinski definition) is 0. The van der Waals surface area contributed by atoms with Gasteiger partial charge in [-0.15, -0.1) is 0 Å². The molecule has 0 unspecified atom stereocenters. The Hall–Kier alpha value is -3.91. The van der Waals surface area contributed by atoms with E-state index in [1.54, 1.807) is 48.5 Å². The Kier molecular flexibility index (Phi) is 6.96. The van der Waals surface area contributed by atoms with Crippen LogP contribution in [0, 0.1) is 17.1 Å². The lowest BCUT2D eigenvalue weighted by molar-refractivity contribution is -0.136. The summed E-state index contributed by atoms with van der Waals surface area (Å²) in [7, 11) is 0. The fourth-order valence-corrected chi connectivity index (χ4v) is 2.81. The summed E-state index contributed by atoms with van der Waals surface area (Å²) in [5.41, 5.74) is 2.18. The molecule has 3 aromatic rings. The third-order valence-electron chi connectivity index (χ3n) is 4.37. The van der Waals surface area contributed by atoms with Crippen LogP contribution in [0.3, 0.4) is 0 Å². The van der Waals surface area contributed by atoms with Gasteiger partial charge in [-0.3, -0.25) is 0 Å². The van der Waals surface area contributed by atoms with E-state index in [1.807, 2.05) is 30.3 Å². The monoisotopic (exact) mass is 401 g/mol. The van der Waals surface area contributed by atoms with Gasteiger partial charge in [-0.05, 0) is 54.0 Å². The number of carbonyl (C=O) groups is 1. The Balaban J connectivity index is 1.66. The van der Waals surface area contributed by atoms with Crippen LogP contribution in [0.2, 0.25) is 0 Å². The van der Waals surface area contributed by atoms with Gasteiger partial charge in [-0.1, -0.05) is 49.4 Å². The fourth-order valence-electron chi connectivity index (χ4n) is 2.81. The molecule has 0 aliphatic carbocycles. The second kappa shape index (κ2) is 10.0. The number of aryl methyl sites for hydroxylation is 1. The average molecular weight is 401 g/mol. The first-order chi connectivity index (χ1) is 14.6. The van der Waals surface area contributed by atoms with Crippen LogP contribution < -0.4 is 9.47 Å². The SMILES string of the molecule is CCc1ccc(OCC(=O)Oc2cccc(/C=C(/C#N)c3ccccc3F)c2)cc1. The molecule has 0 heterocycles. The van der Waals surface area contributed by atoms with Gasteiger partial charge in [0.1, 0.15) is 17.3 Å². The van der Waals surface area contributed by atoms with Crippen molar-refractivity contribution < 1.29 is 18.7 Å². The Morgan fingerprint density at radius 3 is 2.50 bits per heavy atom. The number of carbonyl (C=O) groups excluding carboxylic acids is 1. The molecule has 0 saturated carbocycles. The highest BCUT2D eigenvalue weighted by molar-refractivity contribution is 5.90. The summed E-state index contributed by atoms with van der Waals surface area (Å²) < 4.78 is 24.7. The maximum atomic E-state index is 14.0. The molecule has 4 nitrogen and oxygen atoms in total. The molecule has 0 aromatic heterocycles.